The minimum atomic E-state index is -0.257. The first-order chi connectivity index (χ1) is 9.16. The van der Waals surface area contributed by atoms with Crippen LogP contribution in [-0.4, -0.2) is 30.6 Å². The normalized spacial score (nSPS) is 14.4. The van der Waals surface area contributed by atoms with Crippen LogP contribution in [0, 0.1) is 5.92 Å². The van der Waals surface area contributed by atoms with E-state index < -0.39 is 0 Å². The summed E-state index contributed by atoms with van der Waals surface area (Å²) in [6.45, 7) is 2.06. The van der Waals surface area contributed by atoms with Gasteiger partial charge in [-0.3, -0.25) is 4.79 Å². The van der Waals surface area contributed by atoms with Crippen molar-refractivity contribution in [2.24, 2.45) is 5.92 Å². The molecule has 1 fully saturated rings. The Bertz CT molecular complexity index is 450. The minimum absolute atomic E-state index is 0.164. The molecule has 1 aliphatic rings. The van der Waals surface area contributed by atoms with Gasteiger partial charge in [0.25, 0.3) is 5.91 Å². The number of carbonyl (C=O) groups excluding carboxylic acids is 1. The molecule has 1 saturated carbocycles. The topological polar surface area (TPSA) is 77.2 Å². The predicted molar refractivity (Wildman–Crippen MR) is 74.2 cm³/mol. The Morgan fingerprint density at radius 2 is 2.37 bits per heavy atom. The number of anilines is 1. The molecule has 0 aromatic carbocycles. The van der Waals surface area contributed by atoms with Crippen molar-refractivity contribution in [3.8, 4) is 0 Å². The van der Waals surface area contributed by atoms with Gasteiger partial charge in [0.05, 0.1) is 17.4 Å². The quantitative estimate of drug-likeness (QED) is 0.591. The molecule has 0 saturated heterocycles. The summed E-state index contributed by atoms with van der Waals surface area (Å²) in [5, 5.41) is 2.94. The first-order valence-electron chi connectivity index (χ1n) is 6.44. The van der Waals surface area contributed by atoms with Gasteiger partial charge < -0.3 is 15.8 Å². The first-order valence-corrected chi connectivity index (χ1v) is 6.81. The van der Waals surface area contributed by atoms with Gasteiger partial charge in [0.1, 0.15) is 5.15 Å². The van der Waals surface area contributed by atoms with Crippen molar-refractivity contribution in [3.63, 3.8) is 0 Å². The number of hydrogen-bond donors (Lipinski definition) is 2. The van der Waals surface area contributed by atoms with E-state index in [1.54, 1.807) is 0 Å². The van der Waals surface area contributed by atoms with E-state index in [1.807, 2.05) is 0 Å². The summed E-state index contributed by atoms with van der Waals surface area (Å²) >= 11 is 5.84. The molecule has 0 atom stereocenters. The Morgan fingerprint density at radius 3 is 3.11 bits per heavy atom. The fourth-order valence-electron chi connectivity index (χ4n) is 1.63. The van der Waals surface area contributed by atoms with Gasteiger partial charge in [0.2, 0.25) is 0 Å². The first kappa shape index (κ1) is 14.1. The van der Waals surface area contributed by atoms with Crippen LogP contribution in [0.2, 0.25) is 5.15 Å². The summed E-state index contributed by atoms with van der Waals surface area (Å²) in [4.78, 5) is 15.7. The minimum Gasteiger partial charge on any atom is -0.397 e. The second-order valence-electron chi connectivity index (χ2n) is 4.73. The molecular formula is C13H18ClN3O2. The summed E-state index contributed by atoms with van der Waals surface area (Å²) in [6.07, 6.45) is 4.78. The smallest absolute Gasteiger partial charge is 0.254 e. The summed E-state index contributed by atoms with van der Waals surface area (Å²) in [5.74, 6) is 0.513. The molecule has 3 N–H and O–H groups in total. The average Bonchev–Trinajstić information content (AvgIpc) is 3.20. The molecule has 1 aromatic rings. The van der Waals surface area contributed by atoms with E-state index in [9.17, 15) is 4.79 Å². The third kappa shape index (κ3) is 4.69. The largest absolute Gasteiger partial charge is 0.397 e. The van der Waals surface area contributed by atoms with Gasteiger partial charge in [-0.05, 0) is 31.2 Å². The number of rotatable bonds is 7. The number of carbonyl (C=O) groups is 1. The van der Waals surface area contributed by atoms with Gasteiger partial charge in [-0.1, -0.05) is 11.6 Å². The number of aromatic nitrogens is 1. The Hall–Kier alpha value is -1.33. The number of pyridine rings is 1. The van der Waals surface area contributed by atoms with Gasteiger partial charge >= 0.3 is 0 Å². The lowest BCUT2D eigenvalue weighted by molar-refractivity contribution is 0.0937. The molecule has 0 radical (unpaired) electrons. The Morgan fingerprint density at radius 1 is 1.58 bits per heavy atom. The van der Waals surface area contributed by atoms with Gasteiger partial charge in [-0.2, -0.15) is 0 Å². The number of nitrogens with one attached hydrogen (secondary N) is 1. The highest BCUT2D eigenvalue weighted by molar-refractivity contribution is 6.32. The number of nitrogens with two attached hydrogens (primary N) is 1. The molecule has 2 rings (SSSR count). The molecule has 6 heteroatoms. The SMILES string of the molecule is Nc1cnc(Cl)c(C(=O)NCCCOCC2CC2)c1. The lowest BCUT2D eigenvalue weighted by Crippen LogP contribution is -2.26. The predicted octanol–water partition coefficient (Wildman–Crippen LogP) is 1.86. The van der Waals surface area contributed by atoms with Crippen LogP contribution in [-0.2, 0) is 4.74 Å². The van der Waals surface area contributed by atoms with Crippen LogP contribution in [0.25, 0.3) is 0 Å². The van der Waals surface area contributed by atoms with Crippen LogP contribution in [0.4, 0.5) is 5.69 Å². The summed E-state index contributed by atoms with van der Waals surface area (Å²) in [5.41, 5.74) is 6.30. The number of nitrogen functional groups attached to an aromatic ring is 1. The Labute approximate surface area is 117 Å². The van der Waals surface area contributed by atoms with Crippen LogP contribution >= 0.6 is 11.6 Å². The molecule has 0 spiro atoms. The second kappa shape index (κ2) is 6.73. The van der Waals surface area contributed by atoms with E-state index in [2.05, 4.69) is 10.3 Å². The molecule has 19 heavy (non-hydrogen) atoms. The summed E-state index contributed by atoms with van der Waals surface area (Å²) < 4.78 is 5.48. The van der Waals surface area contributed by atoms with E-state index in [-0.39, 0.29) is 11.1 Å². The van der Waals surface area contributed by atoms with Crippen molar-refractivity contribution in [1.29, 1.82) is 0 Å². The Balaban J connectivity index is 1.66. The number of halogens is 1. The molecule has 1 aromatic heterocycles. The maximum Gasteiger partial charge on any atom is 0.254 e. The zero-order valence-corrected chi connectivity index (χ0v) is 11.4. The lowest BCUT2D eigenvalue weighted by atomic mass is 10.2. The molecule has 104 valence electrons. The monoisotopic (exact) mass is 283 g/mol. The molecular weight excluding hydrogens is 266 g/mol. The number of amides is 1. The highest BCUT2D eigenvalue weighted by Gasteiger charge is 2.20. The zero-order chi connectivity index (χ0) is 13.7. The molecule has 0 unspecified atom stereocenters. The van der Waals surface area contributed by atoms with E-state index in [0.717, 1.165) is 18.9 Å². The summed E-state index contributed by atoms with van der Waals surface area (Å²) in [7, 11) is 0. The van der Waals surface area contributed by atoms with Crippen LogP contribution in [0.3, 0.4) is 0 Å². The van der Waals surface area contributed by atoms with Crippen molar-refractivity contribution < 1.29 is 9.53 Å². The molecule has 1 amide bonds. The standard InChI is InChI=1S/C13H18ClN3O2/c14-12-11(6-10(15)7-17-12)13(18)16-4-1-5-19-8-9-2-3-9/h6-7,9H,1-5,8,15H2,(H,16,18). The van der Waals surface area contributed by atoms with E-state index in [4.69, 9.17) is 22.1 Å². The van der Waals surface area contributed by atoms with Gasteiger partial charge in [-0.15, -0.1) is 0 Å². The number of ether oxygens (including phenoxy) is 1. The van der Waals surface area contributed by atoms with Crippen molar-refractivity contribution in [2.75, 3.05) is 25.5 Å². The molecule has 0 bridgehead atoms. The van der Waals surface area contributed by atoms with Crippen molar-refractivity contribution in [3.05, 3.63) is 23.0 Å². The maximum atomic E-state index is 11.8. The zero-order valence-electron chi connectivity index (χ0n) is 10.7. The van der Waals surface area contributed by atoms with Crippen LogP contribution < -0.4 is 11.1 Å². The number of nitrogens with zero attached hydrogens (tertiary/aromatic N) is 1. The lowest BCUT2D eigenvalue weighted by Gasteiger charge is -2.07. The van der Waals surface area contributed by atoms with Crippen molar-refractivity contribution in [1.82, 2.24) is 10.3 Å². The maximum absolute atomic E-state index is 11.8. The van der Waals surface area contributed by atoms with Crippen molar-refractivity contribution >= 4 is 23.2 Å². The third-order valence-corrected chi connectivity index (χ3v) is 3.21. The molecule has 1 heterocycles. The van der Waals surface area contributed by atoms with E-state index in [0.29, 0.717) is 24.4 Å². The van der Waals surface area contributed by atoms with E-state index in [1.165, 1.54) is 25.1 Å². The molecule has 1 aliphatic carbocycles. The van der Waals surface area contributed by atoms with E-state index >= 15 is 0 Å². The fourth-order valence-corrected chi connectivity index (χ4v) is 1.82. The van der Waals surface area contributed by atoms with Crippen LogP contribution in [0.15, 0.2) is 12.3 Å². The van der Waals surface area contributed by atoms with Gasteiger partial charge in [0, 0.05) is 19.8 Å². The highest BCUT2D eigenvalue weighted by atomic mass is 35.5. The molecule has 5 nitrogen and oxygen atoms in total. The molecule has 0 aliphatic heterocycles. The van der Waals surface area contributed by atoms with Gasteiger partial charge in [-0.25, -0.2) is 4.98 Å². The second-order valence-corrected chi connectivity index (χ2v) is 5.09. The average molecular weight is 284 g/mol. The Kier molecular flexibility index (Phi) is 4.99. The van der Waals surface area contributed by atoms with Gasteiger partial charge in [0.15, 0.2) is 0 Å². The summed E-state index contributed by atoms with van der Waals surface area (Å²) in [6, 6.07) is 1.52. The number of hydrogen-bond acceptors (Lipinski definition) is 4. The van der Waals surface area contributed by atoms with Crippen LogP contribution in [0.1, 0.15) is 29.6 Å². The highest BCUT2D eigenvalue weighted by Crippen LogP contribution is 2.28. The van der Waals surface area contributed by atoms with Crippen molar-refractivity contribution in [2.45, 2.75) is 19.3 Å². The fraction of sp³-hybridized carbons (Fsp3) is 0.538. The third-order valence-electron chi connectivity index (χ3n) is 2.91. The van der Waals surface area contributed by atoms with Crippen LogP contribution in [0.5, 0.6) is 0 Å².